The van der Waals surface area contributed by atoms with Gasteiger partial charge in [-0.15, -0.1) is 0 Å². The first-order valence-electron chi connectivity index (χ1n) is 6.71. The highest BCUT2D eigenvalue weighted by Gasteiger charge is 2.20. The van der Waals surface area contributed by atoms with Gasteiger partial charge in [-0.3, -0.25) is 0 Å². The second-order valence-electron chi connectivity index (χ2n) is 4.64. The molecule has 1 N–H and O–H groups in total. The molecule has 0 unspecified atom stereocenters. The van der Waals surface area contributed by atoms with Crippen molar-refractivity contribution in [1.82, 2.24) is 0 Å². The van der Waals surface area contributed by atoms with Crippen molar-refractivity contribution in [3.63, 3.8) is 0 Å². The molecule has 0 bridgehead atoms. The molecule has 1 atom stereocenters. The SMILES string of the molecule is COc1ccccc1C[C@@H](OCc1ccccc1)C(=O)O. The number of rotatable bonds is 7. The predicted molar refractivity (Wildman–Crippen MR) is 79.4 cm³/mol. The van der Waals surface area contributed by atoms with Crippen LogP contribution in [0.15, 0.2) is 54.6 Å². The van der Waals surface area contributed by atoms with Crippen molar-refractivity contribution < 1.29 is 19.4 Å². The third kappa shape index (κ3) is 4.33. The number of benzene rings is 2. The van der Waals surface area contributed by atoms with Crippen LogP contribution >= 0.6 is 0 Å². The maximum atomic E-state index is 11.4. The molecular weight excluding hydrogens is 268 g/mol. The van der Waals surface area contributed by atoms with Crippen LogP contribution in [0.1, 0.15) is 11.1 Å². The first-order chi connectivity index (χ1) is 10.2. The maximum Gasteiger partial charge on any atom is 0.333 e. The van der Waals surface area contributed by atoms with Gasteiger partial charge in [0, 0.05) is 6.42 Å². The van der Waals surface area contributed by atoms with Gasteiger partial charge >= 0.3 is 5.97 Å². The Morgan fingerprint density at radius 2 is 1.76 bits per heavy atom. The molecule has 4 heteroatoms. The Hall–Kier alpha value is -2.33. The highest BCUT2D eigenvalue weighted by Crippen LogP contribution is 2.20. The summed E-state index contributed by atoms with van der Waals surface area (Å²) in [4.78, 5) is 11.4. The van der Waals surface area contributed by atoms with E-state index in [0.717, 1.165) is 11.1 Å². The molecule has 4 nitrogen and oxygen atoms in total. The summed E-state index contributed by atoms with van der Waals surface area (Å²) in [7, 11) is 1.57. The molecule has 0 aliphatic heterocycles. The van der Waals surface area contributed by atoms with E-state index in [-0.39, 0.29) is 13.0 Å². The van der Waals surface area contributed by atoms with Crippen LogP contribution < -0.4 is 4.74 Å². The van der Waals surface area contributed by atoms with Gasteiger partial charge in [-0.05, 0) is 17.2 Å². The third-order valence-electron chi connectivity index (χ3n) is 3.17. The first-order valence-corrected chi connectivity index (χ1v) is 6.71. The molecule has 0 aromatic heterocycles. The Morgan fingerprint density at radius 3 is 2.43 bits per heavy atom. The van der Waals surface area contributed by atoms with Crippen molar-refractivity contribution in [3.8, 4) is 5.75 Å². The average Bonchev–Trinajstić information content (AvgIpc) is 2.52. The Kier molecular flexibility index (Phi) is 5.35. The number of carboxylic acid groups (broad SMARTS) is 1. The van der Waals surface area contributed by atoms with Gasteiger partial charge in [0.2, 0.25) is 0 Å². The molecule has 0 aliphatic carbocycles. The average molecular weight is 286 g/mol. The molecule has 0 saturated carbocycles. The molecule has 0 amide bonds. The zero-order valence-electron chi connectivity index (χ0n) is 11.9. The van der Waals surface area contributed by atoms with Gasteiger partial charge < -0.3 is 14.6 Å². The number of para-hydroxylation sites is 1. The van der Waals surface area contributed by atoms with Gasteiger partial charge in [0.25, 0.3) is 0 Å². The quantitative estimate of drug-likeness (QED) is 0.850. The van der Waals surface area contributed by atoms with E-state index in [2.05, 4.69) is 0 Å². The summed E-state index contributed by atoms with van der Waals surface area (Å²) in [5, 5.41) is 9.31. The molecule has 2 aromatic carbocycles. The van der Waals surface area contributed by atoms with E-state index in [1.165, 1.54) is 0 Å². The monoisotopic (exact) mass is 286 g/mol. The Bertz CT molecular complexity index is 580. The van der Waals surface area contributed by atoms with Crippen LogP contribution in [0, 0.1) is 0 Å². The van der Waals surface area contributed by atoms with Gasteiger partial charge in [-0.2, -0.15) is 0 Å². The standard InChI is InChI=1S/C17H18O4/c1-20-15-10-6-5-9-14(15)11-16(17(18)19)21-12-13-7-3-2-4-8-13/h2-10,16H,11-12H2,1H3,(H,18,19)/t16-/m1/s1. The number of ether oxygens (including phenoxy) is 2. The van der Waals surface area contributed by atoms with Crippen molar-refractivity contribution in [3.05, 3.63) is 65.7 Å². The number of carboxylic acids is 1. The topological polar surface area (TPSA) is 55.8 Å². The van der Waals surface area contributed by atoms with Gasteiger partial charge in [0.1, 0.15) is 5.75 Å². The highest BCUT2D eigenvalue weighted by molar-refractivity contribution is 5.73. The van der Waals surface area contributed by atoms with E-state index in [1.807, 2.05) is 54.6 Å². The number of hydrogen-bond donors (Lipinski definition) is 1. The highest BCUT2D eigenvalue weighted by atomic mass is 16.5. The molecule has 2 aromatic rings. The summed E-state index contributed by atoms with van der Waals surface area (Å²) in [5.74, 6) is -0.302. The van der Waals surface area contributed by atoms with Crippen molar-refractivity contribution in [2.45, 2.75) is 19.1 Å². The van der Waals surface area contributed by atoms with Crippen LogP contribution in [-0.4, -0.2) is 24.3 Å². The van der Waals surface area contributed by atoms with Crippen LogP contribution in [0.3, 0.4) is 0 Å². The number of methoxy groups -OCH3 is 1. The van der Waals surface area contributed by atoms with Crippen LogP contribution in [0.4, 0.5) is 0 Å². The fourth-order valence-electron chi connectivity index (χ4n) is 2.06. The number of carbonyl (C=O) groups is 1. The lowest BCUT2D eigenvalue weighted by molar-refractivity contribution is -0.151. The molecule has 0 aliphatic rings. The predicted octanol–water partition coefficient (Wildman–Crippen LogP) is 2.91. The number of aliphatic carboxylic acids is 1. The minimum Gasteiger partial charge on any atom is -0.496 e. The van der Waals surface area contributed by atoms with E-state index in [4.69, 9.17) is 9.47 Å². The molecule has 0 saturated heterocycles. The molecule has 110 valence electrons. The van der Waals surface area contributed by atoms with Crippen LogP contribution in [0.2, 0.25) is 0 Å². The van der Waals surface area contributed by atoms with Crippen LogP contribution in [0.5, 0.6) is 5.75 Å². The van der Waals surface area contributed by atoms with Gasteiger partial charge in [0.05, 0.1) is 13.7 Å². The van der Waals surface area contributed by atoms with Crippen molar-refractivity contribution in [2.24, 2.45) is 0 Å². The molecule has 0 radical (unpaired) electrons. The van der Waals surface area contributed by atoms with Crippen LogP contribution in [0.25, 0.3) is 0 Å². The minimum atomic E-state index is -0.975. The third-order valence-corrected chi connectivity index (χ3v) is 3.17. The van der Waals surface area contributed by atoms with Crippen molar-refractivity contribution >= 4 is 5.97 Å². The van der Waals surface area contributed by atoms with E-state index in [1.54, 1.807) is 7.11 Å². The molecule has 2 rings (SSSR count). The Morgan fingerprint density at radius 1 is 1.10 bits per heavy atom. The van der Waals surface area contributed by atoms with Crippen molar-refractivity contribution in [1.29, 1.82) is 0 Å². The maximum absolute atomic E-state index is 11.4. The lowest BCUT2D eigenvalue weighted by Gasteiger charge is -2.15. The fraction of sp³-hybridized carbons (Fsp3) is 0.235. The van der Waals surface area contributed by atoms with Gasteiger partial charge in [-0.1, -0.05) is 48.5 Å². The summed E-state index contributed by atoms with van der Waals surface area (Å²) < 4.78 is 10.8. The smallest absolute Gasteiger partial charge is 0.333 e. The minimum absolute atomic E-state index is 0.270. The summed E-state index contributed by atoms with van der Waals surface area (Å²) in [6, 6.07) is 16.9. The summed E-state index contributed by atoms with van der Waals surface area (Å²) >= 11 is 0. The fourth-order valence-corrected chi connectivity index (χ4v) is 2.06. The molecule has 0 fully saturated rings. The van der Waals surface area contributed by atoms with Gasteiger partial charge in [-0.25, -0.2) is 4.79 Å². The van der Waals surface area contributed by atoms with Crippen molar-refractivity contribution in [2.75, 3.05) is 7.11 Å². The Balaban J connectivity index is 2.04. The van der Waals surface area contributed by atoms with E-state index in [0.29, 0.717) is 5.75 Å². The Labute approximate surface area is 123 Å². The summed E-state index contributed by atoms with van der Waals surface area (Å²) in [5.41, 5.74) is 1.77. The molecule has 0 spiro atoms. The lowest BCUT2D eigenvalue weighted by atomic mass is 10.1. The second kappa shape index (κ2) is 7.45. The largest absolute Gasteiger partial charge is 0.496 e. The number of hydrogen-bond acceptors (Lipinski definition) is 3. The van der Waals surface area contributed by atoms with Crippen LogP contribution in [-0.2, 0) is 22.6 Å². The zero-order chi connectivity index (χ0) is 15.1. The molecule has 21 heavy (non-hydrogen) atoms. The van der Waals surface area contributed by atoms with E-state index >= 15 is 0 Å². The zero-order valence-corrected chi connectivity index (χ0v) is 11.9. The van der Waals surface area contributed by atoms with Gasteiger partial charge in [0.15, 0.2) is 6.10 Å². The lowest BCUT2D eigenvalue weighted by Crippen LogP contribution is -2.26. The second-order valence-corrected chi connectivity index (χ2v) is 4.64. The van der Waals surface area contributed by atoms with E-state index < -0.39 is 12.1 Å². The molecular formula is C17H18O4. The van der Waals surface area contributed by atoms with E-state index in [9.17, 15) is 9.90 Å². The summed E-state index contributed by atoms with van der Waals surface area (Å²) in [6.07, 6.45) is -0.631. The molecule has 0 heterocycles. The normalized spacial score (nSPS) is 11.9. The first kappa shape index (κ1) is 15.1. The summed E-state index contributed by atoms with van der Waals surface area (Å²) in [6.45, 7) is 0.271.